The van der Waals surface area contributed by atoms with E-state index in [-0.39, 0.29) is 44.3 Å². The first-order chi connectivity index (χ1) is 28.2. The lowest BCUT2D eigenvalue weighted by Gasteiger charge is -2.24. The Kier molecular flexibility index (Phi) is 31.5. The van der Waals surface area contributed by atoms with Gasteiger partial charge in [-0.05, 0) is 63.7 Å². The number of likely N-dealkylation sites (N-methyl/N-ethyl adjacent to an activating group) is 1. The molecule has 7 atom stereocenters. The number of carbonyl (C=O) groups is 2. The molecule has 0 aromatic heterocycles. The summed E-state index contributed by atoms with van der Waals surface area (Å²) in [5, 5.41) is 31.4. The third kappa shape index (κ3) is 30.7. The van der Waals surface area contributed by atoms with E-state index in [2.05, 4.69) is 26.0 Å². The van der Waals surface area contributed by atoms with Crippen LogP contribution in [0.15, 0.2) is 36.5 Å². The molecule has 1 saturated carbocycles. The predicted octanol–water partition coefficient (Wildman–Crippen LogP) is 9.29. The van der Waals surface area contributed by atoms with Gasteiger partial charge in [0.25, 0.3) is 0 Å². The molecule has 0 aromatic carbocycles. The van der Waals surface area contributed by atoms with Crippen molar-refractivity contribution in [2.45, 2.75) is 186 Å². The van der Waals surface area contributed by atoms with E-state index in [1.165, 1.54) is 51.4 Å². The highest BCUT2D eigenvalue weighted by Gasteiger charge is 2.39. The van der Waals surface area contributed by atoms with Gasteiger partial charge in [0, 0.05) is 25.2 Å². The van der Waals surface area contributed by atoms with Gasteiger partial charge in [-0.3, -0.25) is 18.6 Å². The van der Waals surface area contributed by atoms with Gasteiger partial charge in [-0.15, -0.1) is 0 Å². The monoisotopic (exact) mass is 859 g/mol. The van der Waals surface area contributed by atoms with Crippen LogP contribution < -0.4 is 0 Å². The maximum absolute atomic E-state index is 12.8. The largest absolute Gasteiger partial charge is 0.472 e. The Morgan fingerprint density at radius 2 is 1.31 bits per heavy atom. The second kappa shape index (κ2) is 33.7. The minimum Gasteiger partial charge on any atom is -0.462 e. The van der Waals surface area contributed by atoms with Crippen molar-refractivity contribution in [3.63, 3.8) is 0 Å². The van der Waals surface area contributed by atoms with Crippen LogP contribution in [0, 0.1) is 11.8 Å². The van der Waals surface area contributed by atoms with Gasteiger partial charge < -0.3 is 34.2 Å². The molecule has 344 valence electrons. The molecule has 1 unspecified atom stereocenters. The number of quaternary nitrogens is 1. The molecule has 13 heteroatoms. The van der Waals surface area contributed by atoms with Crippen molar-refractivity contribution in [2.75, 3.05) is 47.5 Å². The second-order valence-electron chi connectivity index (χ2n) is 17.4. The quantitative estimate of drug-likeness (QED) is 0.0154. The topological polar surface area (TPSA) is 169 Å². The first kappa shape index (κ1) is 55.1. The van der Waals surface area contributed by atoms with Crippen LogP contribution in [0.3, 0.4) is 0 Å². The molecule has 0 amide bonds. The van der Waals surface area contributed by atoms with Crippen molar-refractivity contribution in [3.8, 4) is 0 Å². The number of aliphatic hydroxyl groups excluding tert-OH is 3. The normalized spacial score (nSPS) is 20.8. The van der Waals surface area contributed by atoms with E-state index >= 15 is 0 Å². The molecule has 12 nitrogen and oxygen atoms in total. The van der Waals surface area contributed by atoms with Crippen LogP contribution in [0.2, 0.25) is 0 Å². The number of esters is 2. The number of aliphatic hydroxyl groups is 3. The number of nitrogens with zero attached hydrogens (tertiary/aromatic N) is 1. The lowest BCUT2D eigenvalue weighted by atomic mass is 9.89. The van der Waals surface area contributed by atoms with E-state index in [0.717, 1.165) is 44.9 Å². The molecule has 59 heavy (non-hydrogen) atoms. The minimum absolute atomic E-state index is 0.0132. The van der Waals surface area contributed by atoms with Gasteiger partial charge in [-0.1, -0.05) is 121 Å². The number of hydrogen-bond donors (Lipinski definition) is 4. The van der Waals surface area contributed by atoms with Crippen molar-refractivity contribution in [3.05, 3.63) is 36.5 Å². The maximum atomic E-state index is 12.8. The number of phosphoric acid groups is 1. The third-order valence-electron chi connectivity index (χ3n) is 10.7. The molecule has 0 spiro atoms. The molecule has 0 aromatic rings. The molecule has 0 bridgehead atoms. The SMILES string of the molecule is CCCCCC/C=C\CCCCCCCCCC(=O)OC[C@H](COP(=O)(O)OCC[N+](C)(C)C)OC(=O)CCC/C=C/C[C@@H]1[C@@H](/C=C/[C@@H](O)CCCCC)[C@H](O)C[C@@H]1O. The van der Waals surface area contributed by atoms with Crippen LogP contribution in [0.5, 0.6) is 0 Å². The number of ether oxygens (including phenoxy) is 2. The summed E-state index contributed by atoms with van der Waals surface area (Å²) in [6, 6.07) is 0. The molecular formula is C46H85NO11P+. The molecule has 0 aliphatic heterocycles. The highest BCUT2D eigenvalue weighted by atomic mass is 31.2. The average Bonchev–Trinajstić information content (AvgIpc) is 3.44. The van der Waals surface area contributed by atoms with Crippen LogP contribution in [0.25, 0.3) is 0 Å². The molecule has 1 rings (SSSR count). The fourth-order valence-electron chi connectivity index (χ4n) is 7.00. The maximum Gasteiger partial charge on any atom is 0.472 e. The highest BCUT2D eigenvalue weighted by molar-refractivity contribution is 7.47. The van der Waals surface area contributed by atoms with E-state index in [1.807, 2.05) is 39.4 Å². The first-order valence-electron chi connectivity index (χ1n) is 23.0. The van der Waals surface area contributed by atoms with Crippen LogP contribution in [-0.4, -0.2) is 109 Å². The third-order valence-corrected chi connectivity index (χ3v) is 11.7. The summed E-state index contributed by atoms with van der Waals surface area (Å²) in [4.78, 5) is 35.6. The molecule has 1 aliphatic rings. The first-order valence-corrected chi connectivity index (χ1v) is 24.5. The smallest absolute Gasteiger partial charge is 0.462 e. The lowest BCUT2D eigenvalue weighted by molar-refractivity contribution is -0.870. The second-order valence-corrected chi connectivity index (χ2v) is 18.9. The summed E-state index contributed by atoms with van der Waals surface area (Å²) >= 11 is 0. The minimum atomic E-state index is -4.45. The molecule has 4 N–H and O–H groups in total. The van der Waals surface area contributed by atoms with Crippen LogP contribution in [0.4, 0.5) is 0 Å². The molecule has 1 aliphatic carbocycles. The van der Waals surface area contributed by atoms with E-state index in [0.29, 0.717) is 43.1 Å². The zero-order valence-corrected chi connectivity index (χ0v) is 38.5. The average molecular weight is 859 g/mol. The van der Waals surface area contributed by atoms with E-state index in [4.69, 9.17) is 18.5 Å². The van der Waals surface area contributed by atoms with Gasteiger partial charge in [0.05, 0.1) is 46.1 Å². The summed E-state index contributed by atoms with van der Waals surface area (Å²) in [5.74, 6) is -1.41. The van der Waals surface area contributed by atoms with Crippen molar-refractivity contribution >= 4 is 19.8 Å². The van der Waals surface area contributed by atoms with Crippen LogP contribution in [0.1, 0.15) is 162 Å². The highest BCUT2D eigenvalue weighted by Crippen LogP contribution is 2.43. The predicted molar refractivity (Wildman–Crippen MR) is 235 cm³/mol. The molecular weight excluding hydrogens is 773 g/mol. The Morgan fingerprint density at radius 1 is 0.729 bits per heavy atom. The van der Waals surface area contributed by atoms with Crippen LogP contribution >= 0.6 is 7.82 Å². The zero-order valence-electron chi connectivity index (χ0n) is 37.6. The van der Waals surface area contributed by atoms with Crippen molar-refractivity contribution in [1.29, 1.82) is 0 Å². The number of rotatable bonds is 37. The molecule has 0 radical (unpaired) electrons. The Balaban J connectivity index is 2.51. The van der Waals surface area contributed by atoms with Gasteiger partial charge in [-0.25, -0.2) is 4.57 Å². The summed E-state index contributed by atoms with van der Waals surface area (Å²) in [6.07, 6.45) is 30.0. The van der Waals surface area contributed by atoms with Crippen molar-refractivity contribution in [2.24, 2.45) is 11.8 Å². The Labute approximate surface area is 358 Å². The van der Waals surface area contributed by atoms with Gasteiger partial charge >= 0.3 is 19.8 Å². The Bertz CT molecular complexity index is 1220. The Morgan fingerprint density at radius 3 is 1.97 bits per heavy atom. The van der Waals surface area contributed by atoms with Crippen molar-refractivity contribution < 1.29 is 57.4 Å². The number of phosphoric ester groups is 1. The number of carbonyl (C=O) groups excluding carboxylic acids is 2. The van der Waals surface area contributed by atoms with Gasteiger partial charge in [0.2, 0.25) is 0 Å². The van der Waals surface area contributed by atoms with Crippen LogP contribution in [-0.2, 0) is 32.7 Å². The number of unbranched alkanes of at least 4 members (excludes halogenated alkanes) is 14. The summed E-state index contributed by atoms with van der Waals surface area (Å²) in [6.45, 7) is 4.02. The molecule has 1 fully saturated rings. The molecule has 0 saturated heterocycles. The standard InChI is InChI=1S/C46H84NO11P/c1-6-8-10-11-12-13-14-15-16-17-18-19-20-21-26-30-45(51)55-37-40(38-57-59(53,54)56-35-34-47(3,4)5)58-46(52)31-27-23-22-25-29-41-42(44(50)36-43(41)49)33-32-39(48)28-24-9-7-2/h13-14,22,25,32-33,39-44,48-50H,6-12,15-21,23-24,26-31,34-38H2,1-5H3/p+1/b14-13-,25-22+,33-32+/t39-,40+,41+,42+,43-,44+/m0/s1. The van der Waals surface area contributed by atoms with E-state index < -0.39 is 50.8 Å². The summed E-state index contributed by atoms with van der Waals surface area (Å²) in [7, 11) is 1.32. The Hall–Kier alpha value is -1.89. The fourth-order valence-corrected chi connectivity index (χ4v) is 7.74. The molecule has 0 heterocycles. The summed E-state index contributed by atoms with van der Waals surface area (Å²) < 4.78 is 34.3. The zero-order chi connectivity index (χ0) is 43.8. The van der Waals surface area contributed by atoms with Gasteiger partial charge in [0.1, 0.15) is 19.8 Å². The number of allylic oxidation sites excluding steroid dienone is 4. The van der Waals surface area contributed by atoms with Crippen molar-refractivity contribution in [1.82, 2.24) is 0 Å². The van der Waals surface area contributed by atoms with E-state index in [9.17, 15) is 34.4 Å². The van der Waals surface area contributed by atoms with Gasteiger partial charge in [0.15, 0.2) is 6.10 Å². The summed E-state index contributed by atoms with van der Waals surface area (Å²) in [5.41, 5.74) is 0. The van der Waals surface area contributed by atoms with Gasteiger partial charge in [-0.2, -0.15) is 0 Å². The lowest BCUT2D eigenvalue weighted by Crippen LogP contribution is -2.37. The van der Waals surface area contributed by atoms with E-state index in [1.54, 1.807) is 6.08 Å². The fraction of sp³-hybridized carbons (Fsp3) is 0.826. The number of hydrogen-bond acceptors (Lipinski definition) is 10.